The summed E-state index contributed by atoms with van der Waals surface area (Å²) in [7, 11) is 0. The van der Waals surface area contributed by atoms with Gasteiger partial charge >= 0.3 is 0 Å². The minimum Gasteiger partial charge on any atom is -0.349 e. The van der Waals surface area contributed by atoms with Gasteiger partial charge in [-0.2, -0.15) is 0 Å². The van der Waals surface area contributed by atoms with Gasteiger partial charge < -0.3 is 20.9 Å². The molecule has 4 rings (SSSR count). The second-order valence-electron chi connectivity index (χ2n) is 15.4. The molecule has 11 nitrogen and oxygen atoms in total. The average Bonchev–Trinajstić information content (AvgIpc) is 3.65. The highest BCUT2D eigenvalue weighted by atomic mass is 35.5. The number of carbonyl (C=O) groups excluding carboxylic acids is 5. The van der Waals surface area contributed by atoms with Crippen LogP contribution >= 0.6 is 11.6 Å². The third kappa shape index (κ3) is 10.1. The molecule has 1 aromatic rings. The number of rotatable bonds is 13. The van der Waals surface area contributed by atoms with E-state index in [1.54, 1.807) is 12.1 Å². The Balaban J connectivity index is 1.62. The normalized spacial score (nSPS) is 22.3. The molecule has 4 N–H and O–H groups in total. The molecule has 12 heteroatoms. The van der Waals surface area contributed by atoms with Crippen molar-refractivity contribution in [2.24, 2.45) is 17.3 Å². The van der Waals surface area contributed by atoms with Gasteiger partial charge in [-0.15, -0.1) is 0 Å². The van der Waals surface area contributed by atoms with Crippen molar-refractivity contribution in [1.82, 2.24) is 26.3 Å². The summed E-state index contributed by atoms with van der Waals surface area (Å²) >= 11 is 6.25. The number of hydrogen-bond acceptors (Lipinski definition) is 7. The lowest BCUT2D eigenvalue weighted by molar-refractivity contribution is -0.145. The molecular weight excluding hydrogens is 646 g/mol. The first-order valence-corrected chi connectivity index (χ1v) is 18.2. The van der Waals surface area contributed by atoms with Crippen LogP contribution in [0.5, 0.6) is 0 Å². The molecule has 1 aliphatic carbocycles. The Bertz CT molecular complexity index is 1420. The average molecular weight is 700 g/mol. The molecule has 1 saturated heterocycles. The largest absolute Gasteiger partial charge is 0.349 e. The van der Waals surface area contributed by atoms with E-state index in [1.165, 1.54) is 11.3 Å². The molecular formula is C37H54ClN5O6. The maximum absolute atomic E-state index is 14.6. The number of hydroxylamine groups is 1. The van der Waals surface area contributed by atoms with Crippen LogP contribution in [0.2, 0.25) is 5.02 Å². The predicted molar refractivity (Wildman–Crippen MR) is 189 cm³/mol. The molecule has 4 amide bonds. The third-order valence-corrected chi connectivity index (χ3v) is 9.80. The van der Waals surface area contributed by atoms with Gasteiger partial charge in [0.1, 0.15) is 17.7 Å². The second kappa shape index (κ2) is 16.5. The molecule has 270 valence electrons. The van der Waals surface area contributed by atoms with Gasteiger partial charge in [-0.3, -0.25) is 34.3 Å². The van der Waals surface area contributed by atoms with Crippen LogP contribution in [0.1, 0.15) is 105 Å². The van der Waals surface area contributed by atoms with Gasteiger partial charge in [0.05, 0.1) is 18.3 Å². The second-order valence-corrected chi connectivity index (χ2v) is 15.9. The van der Waals surface area contributed by atoms with Crippen LogP contribution in [0, 0.1) is 17.3 Å². The summed E-state index contributed by atoms with van der Waals surface area (Å²) in [6, 6.07) is 4.21. The van der Waals surface area contributed by atoms with E-state index in [-0.39, 0.29) is 37.1 Å². The van der Waals surface area contributed by atoms with E-state index in [0.717, 1.165) is 31.2 Å². The van der Waals surface area contributed by atoms with Gasteiger partial charge in [-0.05, 0) is 54.7 Å². The summed E-state index contributed by atoms with van der Waals surface area (Å²) in [6.07, 6.45) is 8.47. The van der Waals surface area contributed by atoms with E-state index in [1.807, 2.05) is 59.8 Å². The van der Waals surface area contributed by atoms with Crippen LogP contribution in [-0.2, 0) is 28.8 Å². The summed E-state index contributed by atoms with van der Waals surface area (Å²) < 4.78 is 0. The van der Waals surface area contributed by atoms with Gasteiger partial charge in [0.2, 0.25) is 23.5 Å². The van der Waals surface area contributed by atoms with Crippen LogP contribution in [0.3, 0.4) is 0 Å². The first-order chi connectivity index (χ1) is 23.1. The Morgan fingerprint density at radius 2 is 1.80 bits per heavy atom. The van der Waals surface area contributed by atoms with Gasteiger partial charge in [0.25, 0.3) is 5.91 Å². The molecule has 0 bridgehead atoms. The van der Waals surface area contributed by atoms with E-state index >= 15 is 0 Å². The van der Waals surface area contributed by atoms with Crippen molar-refractivity contribution in [3.63, 3.8) is 0 Å². The molecule has 1 spiro atoms. The van der Waals surface area contributed by atoms with Crippen LogP contribution in [0.25, 0.3) is 5.70 Å². The molecule has 2 heterocycles. The van der Waals surface area contributed by atoms with Crippen molar-refractivity contribution in [2.75, 3.05) is 13.1 Å². The molecule has 2 aliphatic heterocycles. The van der Waals surface area contributed by atoms with Crippen molar-refractivity contribution in [1.29, 1.82) is 0 Å². The Morgan fingerprint density at radius 1 is 1.08 bits per heavy atom. The number of carbonyl (C=O) groups is 5. The number of hydrogen-bond donors (Lipinski definition) is 4. The predicted octanol–water partition coefficient (Wildman–Crippen LogP) is 4.68. The molecule has 2 fully saturated rings. The zero-order valence-electron chi connectivity index (χ0n) is 29.8. The third-order valence-electron chi connectivity index (χ3n) is 9.57. The highest BCUT2D eigenvalue weighted by Gasteiger charge is 2.54. The fourth-order valence-electron chi connectivity index (χ4n) is 6.88. The highest BCUT2D eigenvalue weighted by Crippen LogP contribution is 2.39. The SMILES string of the molecule is CCC[C@H](NC(=O)[C@@H]1C[C@]2(C=C(c3cccc(Cl)c3)NO2)CN1C(=O)[C@@H](NC(=O)CC1CCCCC1)C(C)(C)C)C(=O)C(=O)NCC(C)C. The number of halogens is 1. The van der Waals surface area contributed by atoms with Crippen molar-refractivity contribution in [2.45, 2.75) is 123 Å². The molecule has 0 aromatic heterocycles. The molecule has 49 heavy (non-hydrogen) atoms. The number of Topliss-reactive ketones (excluding diaryl/α,β-unsaturated/α-hetero) is 1. The first kappa shape index (κ1) is 38.4. The van der Waals surface area contributed by atoms with Crippen molar-refractivity contribution < 1.29 is 28.8 Å². The molecule has 0 radical (unpaired) electrons. The monoisotopic (exact) mass is 699 g/mol. The molecule has 1 saturated carbocycles. The summed E-state index contributed by atoms with van der Waals surface area (Å²) in [5.41, 5.74) is 2.62. The number of nitrogens with one attached hydrogen (secondary N) is 4. The number of nitrogens with zero attached hydrogens (tertiary/aromatic N) is 1. The zero-order valence-corrected chi connectivity index (χ0v) is 30.6. The van der Waals surface area contributed by atoms with Crippen molar-refractivity contribution >= 4 is 46.7 Å². The molecule has 3 aliphatic rings. The lowest BCUT2D eigenvalue weighted by Gasteiger charge is -2.36. The lowest BCUT2D eigenvalue weighted by Crippen LogP contribution is -2.59. The molecule has 4 atom stereocenters. The quantitative estimate of drug-likeness (QED) is 0.219. The Kier molecular flexibility index (Phi) is 12.9. The maximum atomic E-state index is 14.6. The highest BCUT2D eigenvalue weighted by molar-refractivity contribution is 6.38. The first-order valence-electron chi connectivity index (χ1n) is 17.8. The summed E-state index contributed by atoms with van der Waals surface area (Å²) in [6.45, 7) is 11.7. The molecule has 0 unspecified atom stereocenters. The standard InChI is InChI=1S/C37H54ClN5O6/c1-7-12-27(31(45)34(47)39-21-23(2)3)40-33(46)29-20-37(19-28(42-49-37)25-15-11-16-26(38)18-25)22-43(29)35(48)32(36(4,5)6)41-30(44)17-24-13-9-8-10-14-24/h11,15-16,18-19,23-24,27,29,32,42H,7-10,12-14,17,20-22H2,1-6H3,(H,39,47)(H,40,46)(H,41,44)/t27-,29-,32+,37+/m0/s1. The van der Waals surface area contributed by atoms with Gasteiger partial charge in [0.15, 0.2) is 0 Å². The number of likely N-dealkylation sites (tertiary alicyclic amines) is 1. The Labute approximate surface area is 295 Å². The summed E-state index contributed by atoms with van der Waals surface area (Å²) in [4.78, 5) is 75.6. The van der Waals surface area contributed by atoms with E-state index < -0.39 is 52.6 Å². The van der Waals surface area contributed by atoms with Crippen molar-refractivity contribution in [3.05, 3.63) is 40.9 Å². The fraction of sp³-hybridized carbons (Fsp3) is 0.649. The summed E-state index contributed by atoms with van der Waals surface area (Å²) in [5.74, 6) is -2.21. The topological polar surface area (TPSA) is 146 Å². The van der Waals surface area contributed by atoms with E-state index in [9.17, 15) is 24.0 Å². The van der Waals surface area contributed by atoms with Gasteiger partial charge in [0, 0.05) is 30.0 Å². The van der Waals surface area contributed by atoms with Crippen LogP contribution in [0.4, 0.5) is 0 Å². The smallest absolute Gasteiger partial charge is 0.289 e. The van der Waals surface area contributed by atoms with E-state index in [2.05, 4.69) is 21.4 Å². The van der Waals surface area contributed by atoms with Gasteiger partial charge in [-0.25, -0.2) is 0 Å². The summed E-state index contributed by atoms with van der Waals surface area (Å²) in [5, 5.41) is 9.01. The Morgan fingerprint density at radius 3 is 2.43 bits per heavy atom. The fourth-order valence-corrected chi connectivity index (χ4v) is 7.07. The van der Waals surface area contributed by atoms with E-state index in [4.69, 9.17) is 16.4 Å². The maximum Gasteiger partial charge on any atom is 0.289 e. The number of amides is 4. The molecule has 1 aromatic carbocycles. The minimum absolute atomic E-state index is 0.0212. The minimum atomic E-state index is -1.08. The number of benzene rings is 1. The van der Waals surface area contributed by atoms with Crippen LogP contribution in [0.15, 0.2) is 30.3 Å². The van der Waals surface area contributed by atoms with Crippen LogP contribution in [-0.4, -0.2) is 71.1 Å². The number of ketones is 1. The van der Waals surface area contributed by atoms with Crippen LogP contribution < -0.4 is 21.4 Å². The Hall–Kier alpha value is -3.44. The van der Waals surface area contributed by atoms with Gasteiger partial charge in [-0.1, -0.05) is 91.0 Å². The zero-order chi connectivity index (χ0) is 35.9. The lowest BCUT2D eigenvalue weighted by atomic mass is 9.84. The van der Waals surface area contributed by atoms with E-state index in [0.29, 0.717) is 30.1 Å². The van der Waals surface area contributed by atoms with Crippen molar-refractivity contribution in [3.8, 4) is 0 Å².